The molecule has 0 fully saturated rings. The highest BCUT2D eigenvalue weighted by atomic mass is 16.5. The molecule has 6 heteroatoms. The topological polar surface area (TPSA) is 88.0 Å². The Morgan fingerprint density at radius 2 is 2.20 bits per heavy atom. The van der Waals surface area contributed by atoms with E-state index in [1.807, 2.05) is 6.92 Å². The van der Waals surface area contributed by atoms with E-state index in [-0.39, 0.29) is 5.95 Å². The van der Waals surface area contributed by atoms with Gasteiger partial charge in [-0.05, 0) is 23.4 Å². The fourth-order valence-corrected chi connectivity index (χ4v) is 1.42. The quantitative estimate of drug-likeness (QED) is 0.530. The highest BCUT2D eigenvalue weighted by molar-refractivity contribution is 5.75. The van der Waals surface area contributed by atoms with Crippen LogP contribution in [-0.2, 0) is 0 Å². The molecule has 2 rings (SSSR count). The predicted octanol–water partition coefficient (Wildman–Crippen LogP) is 0.162. The van der Waals surface area contributed by atoms with Gasteiger partial charge in [0.1, 0.15) is 11.3 Å². The van der Waals surface area contributed by atoms with Crippen LogP contribution in [0.1, 0.15) is 5.56 Å². The zero-order valence-electron chi connectivity index (χ0n) is 8.39. The van der Waals surface area contributed by atoms with Gasteiger partial charge in [0.05, 0.1) is 18.3 Å². The molecule has 0 saturated heterocycles. The van der Waals surface area contributed by atoms with Gasteiger partial charge < -0.3 is 15.7 Å². The maximum Gasteiger partial charge on any atom is 0.288 e. The van der Waals surface area contributed by atoms with Crippen LogP contribution < -0.4 is 15.3 Å². The minimum Gasteiger partial charge on any atom is -0.594 e. The fourth-order valence-electron chi connectivity index (χ4n) is 1.42. The third kappa shape index (κ3) is 1.50. The second-order valence-corrected chi connectivity index (χ2v) is 3.15. The van der Waals surface area contributed by atoms with Crippen LogP contribution in [0.3, 0.4) is 0 Å². The number of anilines is 1. The molecular weight excluding hydrogens is 196 g/mol. The second-order valence-electron chi connectivity index (χ2n) is 3.15. The summed E-state index contributed by atoms with van der Waals surface area (Å²) in [6, 6.07) is 3.33. The number of fused-ring (bicyclic) bond motifs is 1. The van der Waals surface area contributed by atoms with Crippen molar-refractivity contribution >= 4 is 17.0 Å². The SMILES string of the molecule is COc1cc2c(cc1C)nc(N)n[n+]2[O-]. The first-order valence-corrected chi connectivity index (χ1v) is 4.33. The molecule has 6 nitrogen and oxygen atoms in total. The molecule has 1 aromatic carbocycles. The Labute approximate surface area is 85.9 Å². The second kappa shape index (κ2) is 3.23. The summed E-state index contributed by atoms with van der Waals surface area (Å²) < 4.78 is 5.10. The molecule has 0 spiro atoms. The number of rotatable bonds is 1. The normalized spacial score (nSPS) is 10.5. The molecule has 1 aromatic heterocycles. The molecule has 0 aliphatic carbocycles. The number of nitrogens with two attached hydrogens (primary N) is 1. The average Bonchev–Trinajstić information content (AvgIpc) is 2.16. The molecule has 0 bridgehead atoms. The maximum atomic E-state index is 11.4. The Morgan fingerprint density at radius 1 is 1.47 bits per heavy atom. The lowest BCUT2D eigenvalue weighted by Crippen LogP contribution is -2.33. The van der Waals surface area contributed by atoms with Crippen molar-refractivity contribution < 1.29 is 9.58 Å². The molecule has 1 heterocycles. The van der Waals surface area contributed by atoms with E-state index in [1.165, 1.54) is 0 Å². The largest absolute Gasteiger partial charge is 0.594 e. The first-order chi connectivity index (χ1) is 7.11. The fraction of sp³-hybridized carbons (Fsp3) is 0.222. The number of ether oxygens (including phenoxy) is 1. The lowest BCUT2D eigenvalue weighted by molar-refractivity contribution is -0.641. The number of methoxy groups -OCH3 is 1. The minimum absolute atomic E-state index is 0.0398. The van der Waals surface area contributed by atoms with Gasteiger partial charge in [0.15, 0.2) is 0 Å². The van der Waals surface area contributed by atoms with Gasteiger partial charge in [-0.25, -0.2) is 4.98 Å². The highest BCUT2D eigenvalue weighted by Crippen LogP contribution is 2.21. The van der Waals surface area contributed by atoms with E-state index in [9.17, 15) is 5.21 Å². The molecule has 0 aliphatic rings. The lowest BCUT2D eigenvalue weighted by Gasteiger charge is -2.05. The Morgan fingerprint density at radius 3 is 2.87 bits per heavy atom. The Balaban J connectivity index is 2.81. The Bertz CT molecular complexity index is 527. The van der Waals surface area contributed by atoms with Crippen molar-refractivity contribution in [1.29, 1.82) is 0 Å². The number of benzene rings is 1. The van der Waals surface area contributed by atoms with Crippen molar-refractivity contribution in [2.75, 3.05) is 12.8 Å². The molecule has 0 saturated carbocycles. The average molecular weight is 206 g/mol. The molecule has 2 aromatic rings. The summed E-state index contributed by atoms with van der Waals surface area (Å²) >= 11 is 0. The predicted molar refractivity (Wildman–Crippen MR) is 54.2 cm³/mol. The van der Waals surface area contributed by atoms with Gasteiger partial charge in [-0.3, -0.25) is 0 Å². The zero-order chi connectivity index (χ0) is 11.0. The Kier molecular flexibility index (Phi) is 2.03. The van der Waals surface area contributed by atoms with Gasteiger partial charge in [0.25, 0.3) is 11.5 Å². The van der Waals surface area contributed by atoms with Crippen LogP contribution in [0.5, 0.6) is 5.75 Å². The van der Waals surface area contributed by atoms with Gasteiger partial charge in [0, 0.05) is 0 Å². The van der Waals surface area contributed by atoms with Crippen LogP contribution in [-0.4, -0.2) is 17.2 Å². The van der Waals surface area contributed by atoms with Crippen molar-refractivity contribution in [2.45, 2.75) is 6.92 Å². The molecule has 15 heavy (non-hydrogen) atoms. The molecule has 78 valence electrons. The third-order valence-electron chi connectivity index (χ3n) is 2.13. The van der Waals surface area contributed by atoms with Crippen LogP contribution in [0, 0.1) is 12.1 Å². The first kappa shape index (κ1) is 9.45. The number of hydrogen-bond donors (Lipinski definition) is 1. The van der Waals surface area contributed by atoms with Crippen molar-refractivity contribution in [3.63, 3.8) is 0 Å². The number of hydrogen-bond acceptors (Lipinski definition) is 5. The summed E-state index contributed by atoms with van der Waals surface area (Å²) in [5.74, 6) is 0.586. The summed E-state index contributed by atoms with van der Waals surface area (Å²) in [5, 5.41) is 14.9. The van der Waals surface area contributed by atoms with Crippen LogP contribution in [0.15, 0.2) is 12.1 Å². The summed E-state index contributed by atoms with van der Waals surface area (Å²) in [6.45, 7) is 1.87. The van der Waals surface area contributed by atoms with Gasteiger partial charge in [-0.1, -0.05) is 0 Å². The smallest absolute Gasteiger partial charge is 0.288 e. The van der Waals surface area contributed by atoms with Crippen LogP contribution in [0.2, 0.25) is 0 Å². The van der Waals surface area contributed by atoms with E-state index in [1.54, 1.807) is 19.2 Å². The van der Waals surface area contributed by atoms with Crippen molar-refractivity contribution in [3.8, 4) is 5.75 Å². The van der Waals surface area contributed by atoms with Crippen molar-refractivity contribution in [2.24, 2.45) is 0 Å². The number of aromatic nitrogens is 3. The zero-order valence-corrected chi connectivity index (χ0v) is 8.39. The van der Waals surface area contributed by atoms with E-state index < -0.39 is 0 Å². The summed E-state index contributed by atoms with van der Waals surface area (Å²) in [4.78, 5) is 4.41. The molecule has 2 N–H and O–H groups in total. The van der Waals surface area contributed by atoms with Gasteiger partial charge in [-0.2, -0.15) is 0 Å². The number of nitrogen functional groups attached to an aromatic ring is 1. The van der Waals surface area contributed by atoms with Gasteiger partial charge >= 0.3 is 0 Å². The van der Waals surface area contributed by atoms with Crippen LogP contribution in [0.25, 0.3) is 11.0 Å². The van der Waals surface area contributed by atoms with E-state index >= 15 is 0 Å². The molecule has 0 radical (unpaired) electrons. The third-order valence-corrected chi connectivity index (χ3v) is 2.13. The molecular formula is C9H10N4O2. The minimum atomic E-state index is -0.0398. The number of aryl methyl sites for hydroxylation is 1. The molecule has 0 aliphatic heterocycles. The van der Waals surface area contributed by atoms with Crippen molar-refractivity contribution in [3.05, 3.63) is 22.9 Å². The van der Waals surface area contributed by atoms with E-state index in [2.05, 4.69) is 10.1 Å². The summed E-state index contributed by atoms with van der Waals surface area (Å²) in [5.41, 5.74) is 7.11. The van der Waals surface area contributed by atoms with Gasteiger partial charge in [-0.15, -0.1) is 0 Å². The Hall–Kier alpha value is -2.11. The van der Waals surface area contributed by atoms with Crippen LogP contribution in [0.4, 0.5) is 5.95 Å². The lowest BCUT2D eigenvalue weighted by atomic mass is 10.2. The first-order valence-electron chi connectivity index (χ1n) is 4.33. The van der Waals surface area contributed by atoms with Gasteiger partial charge in [0.2, 0.25) is 0 Å². The standard InChI is InChI=1S/C9H10N4O2/c1-5-3-6-7(4-8(5)15-2)13(14)12-9(10)11-6/h3-4H,1-2H3,(H2,10,11,12). The summed E-state index contributed by atoms with van der Waals surface area (Å²) in [6.07, 6.45) is 0. The molecule has 0 amide bonds. The number of nitrogens with zero attached hydrogens (tertiary/aromatic N) is 3. The highest BCUT2D eigenvalue weighted by Gasteiger charge is 2.12. The molecule has 0 atom stereocenters. The monoisotopic (exact) mass is 206 g/mol. The van der Waals surface area contributed by atoms with E-state index in [0.29, 0.717) is 21.6 Å². The van der Waals surface area contributed by atoms with Crippen LogP contribution >= 0.6 is 0 Å². The molecule has 0 unspecified atom stereocenters. The summed E-state index contributed by atoms with van der Waals surface area (Å²) in [7, 11) is 1.54. The van der Waals surface area contributed by atoms with Crippen molar-refractivity contribution in [1.82, 2.24) is 10.1 Å². The van der Waals surface area contributed by atoms with E-state index in [0.717, 1.165) is 5.56 Å². The maximum absolute atomic E-state index is 11.4. The van der Waals surface area contributed by atoms with E-state index in [4.69, 9.17) is 10.5 Å².